The molecule has 7 nitrogen and oxygen atoms in total. The summed E-state index contributed by atoms with van der Waals surface area (Å²) in [6, 6.07) is 11.6. The number of fused-ring (bicyclic) bond motifs is 1. The third-order valence-electron chi connectivity index (χ3n) is 7.72. The van der Waals surface area contributed by atoms with Crippen LogP contribution in [0.4, 0.5) is 19.0 Å². The van der Waals surface area contributed by atoms with E-state index in [1.54, 1.807) is 0 Å². The maximum Gasteiger partial charge on any atom is 0.408 e. The maximum absolute atomic E-state index is 13.5. The molecule has 0 saturated heterocycles. The molecule has 0 fully saturated rings. The van der Waals surface area contributed by atoms with E-state index in [4.69, 9.17) is 4.74 Å². The first-order chi connectivity index (χ1) is 20.0. The van der Waals surface area contributed by atoms with Gasteiger partial charge in [0.2, 0.25) is 5.88 Å². The number of halogens is 3. The Morgan fingerprint density at radius 2 is 1.70 bits per heavy atom. The number of ether oxygens (including phenoxy) is 1. The van der Waals surface area contributed by atoms with Gasteiger partial charge in [0.1, 0.15) is 12.4 Å². The molecule has 3 heterocycles. The molecule has 1 aromatic carbocycles. The van der Waals surface area contributed by atoms with Crippen LogP contribution in [0.3, 0.4) is 0 Å². The third-order valence-corrected chi connectivity index (χ3v) is 7.72. The SMILES string of the molecule is CC(C)(C)c1cc(C(CC(=O)O)Cc2cc(OCCc3ccc4c(n3)NCCC4)n(CC(F)(F)F)n2)cc(C(C)(C)C)c1. The lowest BCUT2D eigenvalue weighted by Crippen LogP contribution is -2.20. The fourth-order valence-corrected chi connectivity index (χ4v) is 5.24. The number of carboxylic acids is 1. The van der Waals surface area contributed by atoms with Crippen molar-refractivity contribution in [2.24, 2.45) is 0 Å². The molecule has 1 aliphatic rings. The van der Waals surface area contributed by atoms with Gasteiger partial charge in [-0.3, -0.25) is 4.79 Å². The number of carbonyl (C=O) groups is 1. The molecule has 0 amide bonds. The topological polar surface area (TPSA) is 89.3 Å². The minimum Gasteiger partial charge on any atom is -0.481 e. The van der Waals surface area contributed by atoms with Crippen LogP contribution in [-0.2, 0) is 41.4 Å². The Morgan fingerprint density at radius 1 is 1.02 bits per heavy atom. The molecule has 0 radical (unpaired) electrons. The predicted octanol–water partition coefficient (Wildman–Crippen LogP) is 7.22. The number of aromatic nitrogens is 3. The van der Waals surface area contributed by atoms with Crippen LogP contribution in [0.25, 0.3) is 0 Å². The van der Waals surface area contributed by atoms with Crippen LogP contribution in [0, 0.1) is 0 Å². The van der Waals surface area contributed by atoms with Gasteiger partial charge >= 0.3 is 12.1 Å². The van der Waals surface area contributed by atoms with Gasteiger partial charge in [-0.15, -0.1) is 0 Å². The van der Waals surface area contributed by atoms with Crippen molar-refractivity contribution < 1.29 is 27.8 Å². The van der Waals surface area contributed by atoms with Crippen molar-refractivity contribution >= 4 is 11.8 Å². The first-order valence-electron chi connectivity index (χ1n) is 14.8. The van der Waals surface area contributed by atoms with Crippen molar-refractivity contribution in [1.82, 2.24) is 14.8 Å². The third kappa shape index (κ3) is 8.97. The Labute approximate surface area is 251 Å². The van der Waals surface area contributed by atoms with E-state index in [9.17, 15) is 23.1 Å². The van der Waals surface area contributed by atoms with Gasteiger partial charge in [0.05, 0.1) is 18.7 Å². The smallest absolute Gasteiger partial charge is 0.408 e. The van der Waals surface area contributed by atoms with Crippen molar-refractivity contribution in [3.8, 4) is 5.88 Å². The Hall–Kier alpha value is -3.56. The normalized spacial score (nSPS) is 14.6. The van der Waals surface area contributed by atoms with Crippen molar-refractivity contribution in [3.05, 3.63) is 70.0 Å². The molecule has 0 saturated carbocycles. The molecule has 43 heavy (non-hydrogen) atoms. The zero-order chi connectivity index (χ0) is 31.6. The van der Waals surface area contributed by atoms with Crippen LogP contribution in [0.15, 0.2) is 36.4 Å². The summed E-state index contributed by atoms with van der Waals surface area (Å²) in [7, 11) is 0. The number of aryl methyl sites for hydroxylation is 1. The van der Waals surface area contributed by atoms with Gasteiger partial charge in [0, 0.05) is 24.7 Å². The zero-order valence-corrected chi connectivity index (χ0v) is 25.9. The molecule has 3 aromatic rings. The average Bonchev–Trinajstić information content (AvgIpc) is 3.25. The first-order valence-corrected chi connectivity index (χ1v) is 14.8. The largest absolute Gasteiger partial charge is 0.481 e. The van der Waals surface area contributed by atoms with E-state index >= 15 is 0 Å². The quantitative estimate of drug-likeness (QED) is 0.256. The highest BCUT2D eigenvalue weighted by Gasteiger charge is 2.31. The number of anilines is 1. The van der Waals surface area contributed by atoms with Gasteiger partial charge in [-0.1, -0.05) is 65.8 Å². The lowest BCUT2D eigenvalue weighted by molar-refractivity contribution is -0.143. The Morgan fingerprint density at radius 3 is 2.30 bits per heavy atom. The van der Waals surface area contributed by atoms with E-state index in [-0.39, 0.29) is 36.2 Å². The minimum atomic E-state index is -4.50. The highest BCUT2D eigenvalue weighted by Crippen LogP contribution is 2.35. The molecular weight excluding hydrogens is 557 g/mol. The number of carboxylic acid groups (broad SMARTS) is 1. The molecular formula is C33H43F3N4O3. The lowest BCUT2D eigenvalue weighted by atomic mass is 9.77. The van der Waals surface area contributed by atoms with Crippen LogP contribution < -0.4 is 10.1 Å². The number of aliphatic carboxylic acids is 1. The summed E-state index contributed by atoms with van der Waals surface area (Å²) < 4.78 is 47.1. The van der Waals surface area contributed by atoms with Gasteiger partial charge in [-0.2, -0.15) is 18.3 Å². The molecule has 234 valence electrons. The Bertz CT molecular complexity index is 1400. The van der Waals surface area contributed by atoms with E-state index < -0.39 is 24.6 Å². The standard InChI is InChI=1S/C33H43F3N4O3/c1-31(2,3)24-14-22(15-25(18-24)32(4,5)6)23(17-29(41)42)16-27-19-28(40(39-27)20-33(34,35)36)43-13-11-26-10-9-21-8-7-12-37-30(21)38-26/h9-10,14-15,18-19,23H,7-8,11-13,16-17,20H2,1-6H3,(H,37,38)(H,41,42). The first kappa shape index (κ1) is 32.4. The summed E-state index contributed by atoms with van der Waals surface area (Å²) in [6.07, 6.45) is -2.10. The number of hydrogen-bond donors (Lipinski definition) is 2. The average molecular weight is 601 g/mol. The molecule has 10 heteroatoms. The number of alkyl halides is 3. The minimum absolute atomic E-state index is 0.00342. The lowest BCUT2D eigenvalue weighted by Gasteiger charge is -2.28. The summed E-state index contributed by atoms with van der Waals surface area (Å²) in [5.74, 6) is -0.629. The van der Waals surface area contributed by atoms with Crippen molar-refractivity contribution in [2.45, 2.75) is 103 Å². The molecule has 2 N–H and O–H groups in total. The fourth-order valence-electron chi connectivity index (χ4n) is 5.24. The highest BCUT2D eigenvalue weighted by molar-refractivity contribution is 5.68. The second-order valence-corrected chi connectivity index (χ2v) is 13.5. The van der Waals surface area contributed by atoms with Crippen LogP contribution in [0.1, 0.15) is 93.9 Å². The maximum atomic E-state index is 13.5. The van der Waals surface area contributed by atoms with Crippen molar-refractivity contribution in [1.29, 1.82) is 0 Å². The van der Waals surface area contributed by atoms with E-state index in [1.165, 1.54) is 6.07 Å². The van der Waals surface area contributed by atoms with E-state index in [0.29, 0.717) is 12.1 Å². The van der Waals surface area contributed by atoms with Crippen LogP contribution in [0.2, 0.25) is 0 Å². The predicted molar refractivity (Wildman–Crippen MR) is 161 cm³/mol. The Kier molecular flexibility index (Phi) is 9.47. The fraction of sp³-hybridized carbons (Fsp3) is 0.545. The molecule has 2 aromatic heterocycles. The number of nitrogens with one attached hydrogen (secondary N) is 1. The van der Waals surface area contributed by atoms with Crippen molar-refractivity contribution in [2.75, 3.05) is 18.5 Å². The number of hydrogen-bond acceptors (Lipinski definition) is 5. The summed E-state index contributed by atoms with van der Waals surface area (Å²) >= 11 is 0. The summed E-state index contributed by atoms with van der Waals surface area (Å²) in [4.78, 5) is 16.6. The summed E-state index contributed by atoms with van der Waals surface area (Å²) in [5.41, 5.74) is 4.91. The van der Waals surface area contributed by atoms with E-state index in [0.717, 1.165) is 57.8 Å². The highest BCUT2D eigenvalue weighted by atomic mass is 19.4. The number of rotatable bonds is 10. The monoisotopic (exact) mass is 600 g/mol. The van der Waals surface area contributed by atoms with Crippen LogP contribution >= 0.6 is 0 Å². The van der Waals surface area contributed by atoms with Gasteiger partial charge in [-0.25, -0.2) is 9.67 Å². The molecule has 0 bridgehead atoms. The number of benzene rings is 1. The van der Waals surface area contributed by atoms with E-state index in [2.05, 4.69) is 63.0 Å². The van der Waals surface area contributed by atoms with Crippen molar-refractivity contribution in [3.63, 3.8) is 0 Å². The molecule has 0 aliphatic carbocycles. The van der Waals surface area contributed by atoms with Gasteiger partial charge in [0.15, 0.2) is 0 Å². The molecule has 1 atom stereocenters. The second kappa shape index (κ2) is 12.6. The summed E-state index contributed by atoms with van der Waals surface area (Å²) in [5, 5.41) is 17.3. The van der Waals surface area contributed by atoms with Gasteiger partial charge < -0.3 is 15.2 Å². The summed E-state index contributed by atoms with van der Waals surface area (Å²) in [6.45, 7) is 12.3. The number of nitrogens with zero attached hydrogens (tertiary/aromatic N) is 3. The molecule has 1 aliphatic heterocycles. The van der Waals surface area contributed by atoms with Crippen LogP contribution in [0.5, 0.6) is 5.88 Å². The molecule has 1 unspecified atom stereocenters. The van der Waals surface area contributed by atoms with Gasteiger partial charge in [-0.05, 0) is 64.3 Å². The number of pyridine rings is 1. The molecule has 4 rings (SSSR count). The Balaban J connectivity index is 1.60. The van der Waals surface area contributed by atoms with Gasteiger partial charge in [0.25, 0.3) is 0 Å². The van der Waals surface area contributed by atoms with E-state index in [1.807, 2.05) is 24.3 Å². The second-order valence-electron chi connectivity index (χ2n) is 13.5. The molecule has 0 spiro atoms. The zero-order valence-electron chi connectivity index (χ0n) is 25.9. The van der Waals surface area contributed by atoms with Crippen LogP contribution in [-0.4, -0.2) is 45.2 Å².